The van der Waals surface area contributed by atoms with Crippen molar-refractivity contribution >= 4 is 11.8 Å². The maximum Gasteiger partial charge on any atom is 0.225 e. The highest BCUT2D eigenvalue weighted by Gasteiger charge is 2.25. The molecule has 1 saturated heterocycles. The van der Waals surface area contributed by atoms with E-state index in [1.807, 2.05) is 17.9 Å². The van der Waals surface area contributed by atoms with E-state index in [1.165, 1.54) is 0 Å². The molecule has 1 aromatic heterocycles. The Morgan fingerprint density at radius 1 is 1.71 bits per heavy atom. The molecular weight excluding hydrogens is 222 g/mol. The number of oxime groups is 1. The number of ether oxygens (including phenoxy) is 1. The van der Waals surface area contributed by atoms with Gasteiger partial charge >= 0.3 is 0 Å². The summed E-state index contributed by atoms with van der Waals surface area (Å²) in [5.74, 6) is 0.714. The van der Waals surface area contributed by atoms with Gasteiger partial charge in [-0.05, 0) is 13.0 Å². The van der Waals surface area contributed by atoms with E-state index in [1.54, 1.807) is 6.20 Å². The van der Waals surface area contributed by atoms with Crippen LogP contribution in [0.4, 0.5) is 5.95 Å². The highest BCUT2D eigenvalue weighted by Crippen LogP contribution is 2.12. The van der Waals surface area contributed by atoms with Crippen LogP contribution in [0.3, 0.4) is 0 Å². The van der Waals surface area contributed by atoms with Gasteiger partial charge in [0.25, 0.3) is 0 Å². The number of hydrogen-bond acceptors (Lipinski definition) is 6. The minimum atomic E-state index is -0.419. The average Bonchev–Trinajstić information content (AvgIpc) is 2.38. The van der Waals surface area contributed by atoms with Gasteiger partial charge in [0.1, 0.15) is 6.10 Å². The smallest absolute Gasteiger partial charge is 0.225 e. The van der Waals surface area contributed by atoms with Crippen LogP contribution in [-0.4, -0.2) is 46.8 Å². The maximum atomic E-state index is 8.62. The Morgan fingerprint density at radius 2 is 2.53 bits per heavy atom. The third-order valence-corrected chi connectivity index (χ3v) is 2.58. The monoisotopic (exact) mass is 237 g/mol. The van der Waals surface area contributed by atoms with Crippen LogP contribution in [0.15, 0.2) is 17.4 Å². The number of amidine groups is 1. The second kappa shape index (κ2) is 4.96. The van der Waals surface area contributed by atoms with Crippen molar-refractivity contribution in [2.24, 2.45) is 10.9 Å². The van der Waals surface area contributed by atoms with Gasteiger partial charge in [0.2, 0.25) is 5.95 Å². The van der Waals surface area contributed by atoms with E-state index in [9.17, 15) is 0 Å². The molecule has 2 rings (SSSR count). The van der Waals surface area contributed by atoms with E-state index in [0.29, 0.717) is 25.6 Å². The summed E-state index contributed by atoms with van der Waals surface area (Å²) in [7, 11) is 0. The summed E-state index contributed by atoms with van der Waals surface area (Å²) in [5, 5.41) is 11.6. The molecule has 0 spiro atoms. The Kier molecular flexibility index (Phi) is 3.38. The summed E-state index contributed by atoms with van der Waals surface area (Å²) in [5.41, 5.74) is 6.43. The highest BCUT2D eigenvalue weighted by molar-refractivity contribution is 5.85. The normalized spacial score (nSPS) is 21.6. The van der Waals surface area contributed by atoms with E-state index >= 15 is 0 Å². The number of morpholine rings is 1. The quantitative estimate of drug-likeness (QED) is 0.318. The van der Waals surface area contributed by atoms with E-state index in [4.69, 9.17) is 15.7 Å². The van der Waals surface area contributed by atoms with Crippen molar-refractivity contribution < 1.29 is 9.94 Å². The van der Waals surface area contributed by atoms with Crippen molar-refractivity contribution in [1.29, 1.82) is 0 Å². The van der Waals surface area contributed by atoms with Crippen molar-refractivity contribution in [3.05, 3.63) is 18.0 Å². The second-order valence-corrected chi connectivity index (χ2v) is 3.83. The Hall–Kier alpha value is -1.89. The van der Waals surface area contributed by atoms with Crippen LogP contribution >= 0.6 is 0 Å². The second-order valence-electron chi connectivity index (χ2n) is 3.83. The molecule has 0 aliphatic carbocycles. The lowest BCUT2D eigenvalue weighted by molar-refractivity contribution is 0.0800. The zero-order valence-corrected chi connectivity index (χ0v) is 9.58. The Labute approximate surface area is 98.9 Å². The van der Waals surface area contributed by atoms with Crippen LogP contribution in [0.5, 0.6) is 0 Å². The molecule has 1 atom stereocenters. The minimum absolute atomic E-state index is 0.0716. The molecule has 1 fully saturated rings. The molecule has 7 heteroatoms. The molecular formula is C10H15N5O2. The summed E-state index contributed by atoms with van der Waals surface area (Å²) < 4.78 is 5.40. The van der Waals surface area contributed by atoms with Gasteiger partial charge in [-0.2, -0.15) is 0 Å². The molecule has 1 unspecified atom stereocenters. The van der Waals surface area contributed by atoms with Crippen molar-refractivity contribution in [1.82, 2.24) is 9.97 Å². The van der Waals surface area contributed by atoms with E-state index in [-0.39, 0.29) is 5.84 Å². The molecule has 2 heterocycles. The van der Waals surface area contributed by atoms with Gasteiger partial charge in [-0.25, -0.2) is 9.97 Å². The number of aromatic nitrogens is 2. The molecule has 0 bridgehead atoms. The van der Waals surface area contributed by atoms with Crippen molar-refractivity contribution in [3.8, 4) is 0 Å². The zero-order chi connectivity index (χ0) is 12.3. The fraction of sp³-hybridized carbons (Fsp3) is 0.500. The van der Waals surface area contributed by atoms with Gasteiger partial charge in [0.05, 0.1) is 13.2 Å². The van der Waals surface area contributed by atoms with E-state index in [0.717, 1.165) is 5.69 Å². The number of nitrogens with two attached hydrogens (primary N) is 1. The van der Waals surface area contributed by atoms with Crippen LogP contribution in [0.25, 0.3) is 0 Å². The lowest BCUT2D eigenvalue weighted by Crippen LogP contribution is -2.49. The number of rotatable bonds is 2. The van der Waals surface area contributed by atoms with Crippen LogP contribution in [0.2, 0.25) is 0 Å². The summed E-state index contributed by atoms with van der Waals surface area (Å²) in [6.45, 7) is 3.59. The van der Waals surface area contributed by atoms with Crippen molar-refractivity contribution in [2.45, 2.75) is 13.0 Å². The van der Waals surface area contributed by atoms with Gasteiger partial charge in [-0.3, -0.25) is 0 Å². The SMILES string of the molecule is Cc1ccnc(N2CCOC(C(N)=NO)C2)n1. The zero-order valence-electron chi connectivity index (χ0n) is 9.58. The molecule has 1 aliphatic heterocycles. The average molecular weight is 237 g/mol. The lowest BCUT2D eigenvalue weighted by atomic mass is 10.2. The molecule has 1 aromatic rings. The molecule has 92 valence electrons. The summed E-state index contributed by atoms with van der Waals surface area (Å²) >= 11 is 0. The fourth-order valence-electron chi connectivity index (χ4n) is 1.66. The van der Waals surface area contributed by atoms with Gasteiger partial charge < -0.3 is 20.6 Å². The van der Waals surface area contributed by atoms with Crippen LogP contribution in [0.1, 0.15) is 5.69 Å². The Morgan fingerprint density at radius 3 is 3.24 bits per heavy atom. The van der Waals surface area contributed by atoms with Crippen LogP contribution < -0.4 is 10.6 Å². The number of anilines is 1. The molecule has 0 amide bonds. The first-order valence-corrected chi connectivity index (χ1v) is 5.34. The molecule has 0 aromatic carbocycles. The van der Waals surface area contributed by atoms with Crippen molar-refractivity contribution in [2.75, 3.05) is 24.6 Å². The Balaban J connectivity index is 2.12. The predicted octanol–water partition coefficient (Wildman–Crippen LogP) is -0.263. The van der Waals surface area contributed by atoms with Crippen LogP contribution in [0, 0.1) is 6.92 Å². The van der Waals surface area contributed by atoms with E-state index in [2.05, 4.69) is 15.1 Å². The lowest BCUT2D eigenvalue weighted by Gasteiger charge is -2.32. The fourth-order valence-corrected chi connectivity index (χ4v) is 1.66. The minimum Gasteiger partial charge on any atom is -0.409 e. The van der Waals surface area contributed by atoms with Gasteiger partial charge in [0, 0.05) is 18.4 Å². The van der Waals surface area contributed by atoms with Gasteiger partial charge in [-0.15, -0.1) is 0 Å². The molecule has 0 radical (unpaired) electrons. The Bertz CT molecular complexity index is 423. The molecule has 3 N–H and O–H groups in total. The third kappa shape index (κ3) is 2.62. The van der Waals surface area contributed by atoms with Gasteiger partial charge in [-0.1, -0.05) is 5.16 Å². The number of hydrogen-bond donors (Lipinski definition) is 2. The molecule has 1 aliphatic rings. The first kappa shape index (κ1) is 11.6. The maximum absolute atomic E-state index is 8.62. The highest BCUT2D eigenvalue weighted by atomic mass is 16.5. The number of nitrogens with zero attached hydrogens (tertiary/aromatic N) is 4. The molecule has 17 heavy (non-hydrogen) atoms. The summed E-state index contributed by atoms with van der Waals surface area (Å²) in [4.78, 5) is 10.5. The molecule has 0 saturated carbocycles. The van der Waals surface area contributed by atoms with E-state index < -0.39 is 6.10 Å². The van der Waals surface area contributed by atoms with Crippen LogP contribution in [-0.2, 0) is 4.74 Å². The standard InChI is InChI=1S/C10H15N5O2/c1-7-2-3-12-10(13-7)15-4-5-17-8(6-15)9(11)14-16/h2-3,8,16H,4-6H2,1H3,(H2,11,14). The largest absolute Gasteiger partial charge is 0.409 e. The van der Waals surface area contributed by atoms with Crippen molar-refractivity contribution in [3.63, 3.8) is 0 Å². The predicted molar refractivity (Wildman–Crippen MR) is 62.1 cm³/mol. The van der Waals surface area contributed by atoms with Gasteiger partial charge in [0.15, 0.2) is 5.84 Å². The number of aryl methyl sites for hydroxylation is 1. The molecule has 7 nitrogen and oxygen atoms in total. The topological polar surface area (TPSA) is 96.9 Å². The third-order valence-electron chi connectivity index (χ3n) is 2.58. The summed E-state index contributed by atoms with van der Waals surface area (Å²) in [6.07, 6.45) is 1.30. The first-order valence-electron chi connectivity index (χ1n) is 5.34. The first-order chi connectivity index (χ1) is 8.20. The summed E-state index contributed by atoms with van der Waals surface area (Å²) in [6, 6.07) is 1.84.